The molecule has 1 unspecified atom stereocenters. The molecule has 4 heteroatoms. The highest BCUT2D eigenvalue weighted by Crippen LogP contribution is 2.23. The van der Waals surface area contributed by atoms with Crippen LogP contribution in [0.1, 0.15) is 46.0 Å². The van der Waals surface area contributed by atoms with E-state index in [1.165, 1.54) is 32.4 Å². The second-order valence-corrected chi connectivity index (χ2v) is 6.50. The monoisotopic (exact) mass is 277 g/mol. The van der Waals surface area contributed by atoms with Gasteiger partial charge in [0.05, 0.1) is 6.07 Å². The van der Waals surface area contributed by atoms with E-state index in [1.54, 1.807) is 0 Å². The van der Waals surface area contributed by atoms with Crippen LogP contribution in [0.15, 0.2) is 0 Å². The minimum absolute atomic E-state index is 0.0413. The molecule has 1 atom stereocenters. The number of hydrogen-bond acceptors (Lipinski definition) is 3. The summed E-state index contributed by atoms with van der Waals surface area (Å²) in [7, 11) is 0. The average Bonchev–Trinajstić information content (AvgIpc) is 2.48. The number of piperidine rings is 2. The molecule has 2 saturated heterocycles. The van der Waals surface area contributed by atoms with E-state index in [0.717, 1.165) is 25.9 Å². The van der Waals surface area contributed by atoms with E-state index in [9.17, 15) is 4.79 Å². The molecule has 112 valence electrons. The van der Waals surface area contributed by atoms with Gasteiger partial charge in [0.25, 0.3) is 0 Å². The van der Waals surface area contributed by atoms with Crippen LogP contribution in [0.2, 0.25) is 0 Å². The van der Waals surface area contributed by atoms with Crippen molar-refractivity contribution in [3.8, 4) is 6.07 Å². The highest BCUT2D eigenvalue weighted by molar-refractivity contribution is 5.81. The highest BCUT2D eigenvalue weighted by atomic mass is 16.2. The number of likely N-dealkylation sites (tertiary alicyclic amines) is 2. The molecule has 2 aliphatic rings. The number of amides is 1. The van der Waals surface area contributed by atoms with Gasteiger partial charge >= 0.3 is 0 Å². The summed E-state index contributed by atoms with van der Waals surface area (Å²) in [6.07, 6.45) is 6.15. The van der Waals surface area contributed by atoms with Gasteiger partial charge in [0.2, 0.25) is 5.91 Å². The van der Waals surface area contributed by atoms with Crippen LogP contribution in [-0.2, 0) is 4.79 Å². The second-order valence-electron chi connectivity index (χ2n) is 6.50. The number of carbonyl (C=O) groups excluding carboxylic acids is 1. The molecule has 0 radical (unpaired) electrons. The SMILES string of the molecule is CC(C)C(C#N)C(=O)N1CCC(N2CCCCC2)CC1. The van der Waals surface area contributed by atoms with E-state index in [0.29, 0.717) is 6.04 Å². The first-order chi connectivity index (χ1) is 9.63. The van der Waals surface area contributed by atoms with Gasteiger partial charge in [-0.2, -0.15) is 5.26 Å². The van der Waals surface area contributed by atoms with E-state index >= 15 is 0 Å². The molecule has 0 aliphatic carbocycles. The topological polar surface area (TPSA) is 47.3 Å². The van der Waals surface area contributed by atoms with Crippen LogP contribution in [-0.4, -0.2) is 47.9 Å². The average molecular weight is 277 g/mol. The molecule has 0 bridgehead atoms. The van der Waals surface area contributed by atoms with Gasteiger partial charge in [-0.3, -0.25) is 4.79 Å². The molecule has 0 saturated carbocycles. The Morgan fingerprint density at radius 1 is 1.10 bits per heavy atom. The molecule has 2 heterocycles. The molecule has 20 heavy (non-hydrogen) atoms. The lowest BCUT2D eigenvalue weighted by atomic mass is 9.93. The normalized spacial score (nSPS) is 23.6. The Morgan fingerprint density at radius 3 is 2.20 bits per heavy atom. The Kier molecular flexibility index (Phi) is 5.42. The lowest BCUT2D eigenvalue weighted by molar-refractivity contribution is -0.136. The van der Waals surface area contributed by atoms with E-state index in [-0.39, 0.29) is 11.8 Å². The summed E-state index contributed by atoms with van der Waals surface area (Å²) in [6, 6.07) is 2.82. The van der Waals surface area contributed by atoms with Gasteiger partial charge in [-0.05, 0) is 44.7 Å². The Labute approximate surface area is 122 Å². The molecular formula is C16H27N3O. The van der Waals surface area contributed by atoms with Gasteiger partial charge in [0.1, 0.15) is 5.92 Å². The summed E-state index contributed by atoms with van der Waals surface area (Å²) < 4.78 is 0. The van der Waals surface area contributed by atoms with Gasteiger partial charge in [-0.1, -0.05) is 20.3 Å². The Morgan fingerprint density at radius 2 is 1.70 bits per heavy atom. The van der Waals surface area contributed by atoms with Crippen molar-refractivity contribution in [1.82, 2.24) is 9.80 Å². The lowest BCUT2D eigenvalue weighted by Crippen LogP contribution is -2.49. The van der Waals surface area contributed by atoms with Gasteiger partial charge in [-0.25, -0.2) is 0 Å². The van der Waals surface area contributed by atoms with Crippen LogP contribution in [0.4, 0.5) is 0 Å². The molecular weight excluding hydrogens is 250 g/mol. The van der Waals surface area contributed by atoms with Crippen molar-refractivity contribution in [1.29, 1.82) is 5.26 Å². The molecule has 1 amide bonds. The van der Waals surface area contributed by atoms with Gasteiger partial charge in [-0.15, -0.1) is 0 Å². The smallest absolute Gasteiger partial charge is 0.240 e. The Balaban J connectivity index is 1.84. The van der Waals surface area contributed by atoms with E-state index in [2.05, 4.69) is 11.0 Å². The van der Waals surface area contributed by atoms with Crippen LogP contribution in [0.25, 0.3) is 0 Å². The largest absolute Gasteiger partial charge is 0.341 e. The van der Waals surface area contributed by atoms with Crippen LogP contribution in [0.3, 0.4) is 0 Å². The minimum Gasteiger partial charge on any atom is -0.341 e. The zero-order valence-corrected chi connectivity index (χ0v) is 12.8. The van der Waals surface area contributed by atoms with E-state index in [4.69, 9.17) is 5.26 Å². The first-order valence-electron chi connectivity index (χ1n) is 8.06. The van der Waals surface area contributed by atoms with Crippen molar-refractivity contribution in [3.05, 3.63) is 0 Å². The fourth-order valence-electron chi connectivity index (χ4n) is 3.42. The van der Waals surface area contributed by atoms with Crippen molar-refractivity contribution >= 4 is 5.91 Å². The maximum Gasteiger partial charge on any atom is 0.240 e. The van der Waals surface area contributed by atoms with Crippen molar-refractivity contribution in [2.75, 3.05) is 26.2 Å². The molecule has 0 spiro atoms. The van der Waals surface area contributed by atoms with Crippen LogP contribution in [0, 0.1) is 23.2 Å². The fraction of sp³-hybridized carbons (Fsp3) is 0.875. The maximum atomic E-state index is 12.3. The van der Waals surface area contributed by atoms with Crippen molar-refractivity contribution in [2.24, 2.45) is 11.8 Å². The number of nitrogens with zero attached hydrogens (tertiary/aromatic N) is 3. The molecule has 4 nitrogen and oxygen atoms in total. The first kappa shape index (κ1) is 15.3. The third kappa shape index (κ3) is 3.52. The molecule has 2 aliphatic heterocycles. The third-order valence-electron chi connectivity index (χ3n) is 4.76. The zero-order chi connectivity index (χ0) is 14.5. The van der Waals surface area contributed by atoms with Gasteiger partial charge in [0, 0.05) is 19.1 Å². The predicted octanol–water partition coefficient (Wildman–Crippen LogP) is 2.26. The summed E-state index contributed by atoms with van der Waals surface area (Å²) in [5.41, 5.74) is 0. The van der Waals surface area contributed by atoms with Crippen LogP contribution >= 0.6 is 0 Å². The second kappa shape index (κ2) is 7.08. The molecule has 0 aromatic heterocycles. The first-order valence-corrected chi connectivity index (χ1v) is 8.06. The lowest BCUT2D eigenvalue weighted by Gasteiger charge is -2.40. The van der Waals surface area contributed by atoms with Crippen LogP contribution < -0.4 is 0 Å². The van der Waals surface area contributed by atoms with Crippen molar-refractivity contribution < 1.29 is 4.79 Å². The van der Waals surface area contributed by atoms with Gasteiger partial charge in [0.15, 0.2) is 0 Å². The Hall–Kier alpha value is -1.08. The molecule has 0 aromatic carbocycles. The molecule has 0 aromatic rings. The fourth-order valence-corrected chi connectivity index (χ4v) is 3.42. The van der Waals surface area contributed by atoms with Crippen molar-refractivity contribution in [3.63, 3.8) is 0 Å². The van der Waals surface area contributed by atoms with E-state index < -0.39 is 5.92 Å². The highest BCUT2D eigenvalue weighted by Gasteiger charge is 2.31. The number of carbonyl (C=O) groups is 1. The summed E-state index contributed by atoms with van der Waals surface area (Å²) in [5.74, 6) is -0.326. The summed E-state index contributed by atoms with van der Waals surface area (Å²) in [4.78, 5) is 16.9. The quantitative estimate of drug-likeness (QED) is 0.795. The summed E-state index contributed by atoms with van der Waals surface area (Å²) in [6.45, 7) is 8.01. The van der Waals surface area contributed by atoms with Gasteiger partial charge < -0.3 is 9.80 Å². The molecule has 2 rings (SSSR count). The standard InChI is InChI=1S/C16H27N3O/c1-13(2)15(12-17)16(20)19-10-6-14(7-11-19)18-8-4-3-5-9-18/h13-15H,3-11H2,1-2H3. The minimum atomic E-state index is -0.471. The maximum absolute atomic E-state index is 12.3. The zero-order valence-electron chi connectivity index (χ0n) is 12.8. The van der Waals surface area contributed by atoms with Crippen molar-refractivity contribution in [2.45, 2.75) is 52.0 Å². The van der Waals surface area contributed by atoms with Crippen LogP contribution in [0.5, 0.6) is 0 Å². The summed E-state index contributed by atoms with van der Waals surface area (Å²) >= 11 is 0. The Bertz CT molecular complexity index is 360. The molecule has 2 fully saturated rings. The van der Waals surface area contributed by atoms with E-state index in [1.807, 2.05) is 18.7 Å². The third-order valence-corrected chi connectivity index (χ3v) is 4.76. The number of hydrogen-bond donors (Lipinski definition) is 0. The number of rotatable bonds is 3. The predicted molar refractivity (Wildman–Crippen MR) is 79.0 cm³/mol. The number of nitriles is 1. The molecule has 0 N–H and O–H groups in total. The summed E-state index contributed by atoms with van der Waals surface area (Å²) in [5, 5.41) is 9.15.